The molecule has 0 saturated carbocycles. The van der Waals surface area contributed by atoms with Crippen LogP contribution in [0.3, 0.4) is 0 Å². The summed E-state index contributed by atoms with van der Waals surface area (Å²) in [7, 11) is 1.71. The van der Waals surface area contributed by atoms with Gasteiger partial charge >= 0.3 is 6.18 Å². The summed E-state index contributed by atoms with van der Waals surface area (Å²) >= 11 is 0. The minimum atomic E-state index is -4.52. The number of rotatable bonds is 6. The molecule has 0 radical (unpaired) electrons. The first-order valence-corrected chi connectivity index (χ1v) is 7.98. The van der Waals surface area contributed by atoms with Crippen molar-refractivity contribution in [3.8, 4) is 11.3 Å². The van der Waals surface area contributed by atoms with E-state index in [0.717, 1.165) is 18.9 Å². The van der Waals surface area contributed by atoms with E-state index in [-0.39, 0.29) is 11.6 Å². The normalized spacial score (nSPS) is 11.8. The molecule has 0 atom stereocenters. The molecule has 0 fully saturated rings. The van der Waals surface area contributed by atoms with E-state index in [0.29, 0.717) is 24.3 Å². The van der Waals surface area contributed by atoms with Crippen LogP contribution < -0.4 is 4.90 Å². The predicted molar refractivity (Wildman–Crippen MR) is 86.8 cm³/mol. The Morgan fingerprint density at radius 2 is 1.92 bits per heavy atom. The Labute approximate surface area is 139 Å². The van der Waals surface area contributed by atoms with Gasteiger partial charge in [-0.2, -0.15) is 18.3 Å². The van der Waals surface area contributed by atoms with Crippen molar-refractivity contribution >= 4 is 5.95 Å². The Kier molecular flexibility index (Phi) is 5.46. The second kappa shape index (κ2) is 7.19. The van der Waals surface area contributed by atoms with E-state index in [4.69, 9.17) is 0 Å². The average molecular weight is 341 g/mol. The number of anilines is 1. The second-order valence-corrected chi connectivity index (χ2v) is 5.70. The predicted octanol–water partition coefficient (Wildman–Crippen LogP) is 3.92. The highest BCUT2D eigenvalue weighted by atomic mass is 19.4. The summed E-state index contributed by atoms with van der Waals surface area (Å²) in [6.07, 6.45) is -1.00. The monoisotopic (exact) mass is 341 g/mol. The molecule has 8 heteroatoms. The van der Waals surface area contributed by atoms with Crippen LogP contribution in [0, 0.1) is 6.92 Å². The van der Waals surface area contributed by atoms with Crippen LogP contribution in [0.1, 0.15) is 38.1 Å². The van der Waals surface area contributed by atoms with Crippen molar-refractivity contribution in [2.75, 3.05) is 18.5 Å². The molecule has 2 heterocycles. The Morgan fingerprint density at radius 3 is 2.46 bits per heavy atom. The van der Waals surface area contributed by atoms with Gasteiger partial charge in [-0.05, 0) is 26.3 Å². The average Bonchev–Trinajstić information content (AvgIpc) is 2.92. The summed E-state index contributed by atoms with van der Waals surface area (Å²) in [6, 6.07) is 0.987. The van der Waals surface area contributed by atoms with E-state index in [2.05, 4.69) is 15.1 Å². The number of aryl methyl sites for hydroxylation is 2. The van der Waals surface area contributed by atoms with Crippen molar-refractivity contribution in [1.29, 1.82) is 0 Å². The van der Waals surface area contributed by atoms with Gasteiger partial charge in [-0.15, -0.1) is 0 Å². The number of unbranched alkanes of at least 4 members (excludes halogenated alkanes) is 1. The first kappa shape index (κ1) is 18.2. The number of alkyl halides is 3. The zero-order valence-electron chi connectivity index (χ0n) is 14.4. The lowest BCUT2D eigenvalue weighted by Crippen LogP contribution is -2.23. The van der Waals surface area contributed by atoms with Gasteiger partial charge in [0.2, 0.25) is 5.95 Å². The van der Waals surface area contributed by atoms with Crippen LogP contribution in [-0.4, -0.2) is 33.3 Å². The zero-order chi connectivity index (χ0) is 17.9. The molecule has 0 amide bonds. The van der Waals surface area contributed by atoms with Crippen molar-refractivity contribution in [2.24, 2.45) is 0 Å². The van der Waals surface area contributed by atoms with Crippen LogP contribution in [-0.2, 0) is 12.7 Å². The van der Waals surface area contributed by atoms with E-state index in [9.17, 15) is 13.2 Å². The van der Waals surface area contributed by atoms with Crippen LogP contribution in [0.5, 0.6) is 0 Å². The lowest BCUT2D eigenvalue weighted by atomic mass is 10.1. The van der Waals surface area contributed by atoms with E-state index in [1.807, 2.05) is 13.8 Å². The van der Waals surface area contributed by atoms with E-state index >= 15 is 0 Å². The molecular weight excluding hydrogens is 319 g/mol. The number of hydrogen-bond acceptors (Lipinski definition) is 4. The highest BCUT2D eigenvalue weighted by Gasteiger charge is 2.34. The Morgan fingerprint density at radius 1 is 1.21 bits per heavy atom. The lowest BCUT2D eigenvalue weighted by molar-refractivity contribution is -0.141. The third kappa shape index (κ3) is 4.04. The van der Waals surface area contributed by atoms with Gasteiger partial charge in [0.1, 0.15) is 0 Å². The highest BCUT2D eigenvalue weighted by molar-refractivity contribution is 5.63. The topological polar surface area (TPSA) is 46.8 Å². The van der Waals surface area contributed by atoms with Crippen LogP contribution >= 0.6 is 0 Å². The fourth-order valence-electron chi connectivity index (χ4n) is 2.32. The maximum Gasteiger partial charge on any atom is 0.433 e. The summed E-state index contributed by atoms with van der Waals surface area (Å²) in [5.74, 6) is 0.0805. The van der Waals surface area contributed by atoms with Gasteiger partial charge in [-0.25, -0.2) is 9.97 Å². The van der Waals surface area contributed by atoms with Gasteiger partial charge in [-0.3, -0.25) is 4.68 Å². The van der Waals surface area contributed by atoms with Crippen molar-refractivity contribution in [3.05, 3.63) is 23.7 Å². The van der Waals surface area contributed by atoms with Gasteiger partial charge in [-0.1, -0.05) is 13.3 Å². The molecule has 0 aromatic carbocycles. The maximum atomic E-state index is 13.2. The van der Waals surface area contributed by atoms with Gasteiger partial charge < -0.3 is 4.90 Å². The summed E-state index contributed by atoms with van der Waals surface area (Å²) in [4.78, 5) is 9.70. The molecule has 24 heavy (non-hydrogen) atoms. The molecule has 0 unspecified atom stereocenters. The van der Waals surface area contributed by atoms with Crippen molar-refractivity contribution < 1.29 is 13.2 Å². The van der Waals surface area contributed by atoms with E-state index in [1.54, 1.807) is 29.7 Å². The molecule has 2 aromatic heterocycles. The van der Waals surface area contributed by atoms with E-state index < -0.39 is 11.9 Å². The fourth-order valence-corrected chi connectivity index (χ4v) is 2.32. The minimum absolute atomic E-state index is 0.0805. The third-order valence-electron chi connectivity index (χ3n) is 3.74. The minimum Gasteiger partial charge on any atom is -0.344 e. The number of halogens is 3. The highest BCUT2D eigenvalue weighted by Crippen LogP contribution is 2.32. The SMILES string of the molecule is CCCCN(C)c1nc(-c2cn(CC)nc2C)cc(C(F)(F)F)n1. The molecule has 0 saturated heterocycles. The van der Waals surface area contributed by atoms with Gasteiger partial charge in [0.15, 0.2) is 5.69 Å². The molecule has 0 bridgehead atoms. The summed E-state index contributed by atoms with van der Waals surface area (Å²) in [5.41, 5.74) is 0.545. The third-order valence-corrected chi connectivity index (χ3v) is 3.74. The van der Waals surface area contributed by atoms with Gasteiger partial charge in [0.05, 0.1) is 11.4 Å². The molecule has 0 N–H and O–H groups in total. The van der Waals surface area contributed by atoms with Crippen molar-refractivity contribution in [1.82, 2.24) is 19.7 Å². The van der Waals surface area contributed by atoms with Crippen LogP contribution in [0.15, 0.2) is 12.3 Å². The Balaban J connectivity index is 2.52. The quantitative estimate of drug-likeness (QED) is 0.799. The Bertz CT molecular complexity index is 694. The maximum absolute atomic E-state index is 13.2. The molecule has 2 rings (SSSR count). The zero-order valence-corrected chi connectivity index (χ0v) is 14.4. The Hall–Kier alpha value is -2.12. The molecule has 0 aliphatic carbocycles. The molecule has 132 valence electrons. The number of nitrogens with zero attached hydrogens (tertiary/aromatic N) is 5. The van der Waals surface area contributed by atoms with Gasteiger partial charge in [0, 0.05) is 31.9 Å². The molecular formula is C16H22F3N5. The molecule has 0 aliphatic rings. The van der Waals surface area contributed by atoms with Crippen molar-refractivity contribution in [3.63, 3.8) is 0 Å². The number of hydrogen-bond donors (Lipinski definition) is 0. The summed E-state index contributed by atoms with van der Waals surface area (Å²) in [5, 5.41) is 4.28. The first-order chi connectivity index (χ1) is 11.3. The molecule has 0 spiro atoms. The smallest absolute Gasteiger partial charge is 0.344 e. The molecule has 5 nitrogen and oxygen atoms in total. The van der Waals surface area contributed by atoms with Gasteiger partial charge in [0.25, 0.3) is 0 Å². The van der Waals surface area contributed by atoms with Crippen LogP contribution in [0.2, 0.25) is 0 Å². The largest absolute Gasteiger partial charge is 0.433 e. The fraction of sp³-hybridized carbons (Fsp3) is 0.562. The standard InChI is InChI=1S/C16H22F3N5/c1-5-7-8-23(4)15-20-13(9-14(21-15)16(17,18)19)12-10-24(6-2)22-11(12)3/h9-10H,5-8H2,1-4H3. The second-order valence-electron chi connectivity index (χ2n) is 5.70. The molecule has 2 aromatic rings. The van der Waals surface area contributed by atoms with E-state index in [1.165, 1.54) is 0 Å². The van der Waals surface area contributed by atoms with Crippen molar-refractivity contribution in [2.45, 2.75) is 46.3 Å². The summed E-state index contributed by atoms with van der Waals surface area (Å²) < 4.78 is 41.3. The first-order valence-electron chi connectivity index (χ1n) is 7.98. The lowest BCUT2D eigenvalue weighted by Gasteiger charge is -2.19. The van der Waals surface area contributed by atoms with Crippen LogP contribution in [0.25, 0.3) is 11.3 Å². The summed E-state index contributed by atoms with van der Waals surface area (Å²) in [6.45, 7) is 6.94. The molecule has 0 aliphatic heterocycles. The number of aromatic nitrogens is 4. The van der Waals surface area contributed by atoms with Crippen LogP contribution in [0.4, 0.5) is 19.1 Å².